The lowest BCUT2D eigenvalue weighted by atomic mass is 10.0. The summed E-state index contributed by atoms with van der Waals surface area (Å²) >= 11 is 0. The first-order chi connectivity index (χ1) is 37.4. The number of hydrogen-bond acceptors (Lipinski definition) is 17. The molecule has 0 aromatic heterocycles. The molecule has 0 heterocycles. The molecule has 0 unspecified atom stereocenters. The van der Waals surface area contributed by atoms with Gasteiger partial charge in [0.05, 0.1) is 85.9 Å². The molecule has 0 aliphatic carbocycles. The topological polar surface area (TPSA) is 332 Å². The third-order valence-corrected chi connectivity index (χ3v) is 11.2. The maximum atomic E-state index is 12.4. The van der Waals surface area contributed by atoms with Crippen molar-refractivity contribution in [2.24, 2.45) is 0 Å². The molecule has 0 saturated carbocycles. The Morgan fingerprint density at radius 2 is 0.610 bits per heavy atom. The average Bonchev–Trinajstić information content (AvgIpc) is 3.40. The molecule has 8 N–H and O–H groups in total. The van der Waals surface area contributed by atoms with E-state index < -0.39 is 18.0 Å². The van der Waals surface area contributed by atoms with Gasteiger partial charge in [0.2, 0.25) is 35.4 Å². The highest BCUT2D eigenvalue weighted by molar-refractivity contribution is 5.84. The van der Waals surface area contributed by atoms with Crippen LogP contribution in [-0.4, -0.2) is 216 Å². The molecular formula is C52H96N6O19. The van der Waals surface area contributed by atoms with Gasteiger partial charge in [-0.25, -0.2) is 4.79 Å². The Hall–Kier alpha value is -4.60. The molecule has 0 spiro atoms. The van der Waals surface area contributed by atoms with Crippen molar-refractivity contribution in [3.63, 3.8) is 0 Å². The first-order valence-corrected chi connectivity index (χ1v) is 27.6. The van der Waals surface area contributed by atoms with Gasteiger partial charge in [0.1, 0.15) is 32.5 Å². The summed E-state index contributed by atoms with van der Waals surface area (Å²) < 4.78 is 47.4. The van der Waals surface area contributed by atoms with Crippen LogP contribution in [0.1, 0.15) is 128 Å². The summed E-state index contributed by atoms with van der Waals surface area (Å²) in [6, 6.07) is -1.15. The summed E-state index contributed by atoms with van der Waals surface area (Å²) in [5.41, 5.74) is 0. The van der Waals surface area contributed by atoms with Crippen LogP contribution >= 0.6 is 0 Å². The van der Waals surface area contributed by atoms with Gasteiger partial charge in [0, 0.05) is 59.1 Å². The highest BCUT2D eigenvalue weighted by Gasteiger charge is 2.21. The lowest BCUT2D eigenvalue weighted by Gasteiger charge is -2.14. The van der Waals surface area contributed by atoms with Crippen molar-refractivity contribution >= 4 is 47.4 Å². The van der Waals surface area contributed by atoms with Crippen LogP contribution in [0.2, 0.25) is 0 Å². The first kappa shape index (κ1) is 72.4. The fraction of sp³-hybridized carbons (Fsp3) is 0.846. The standard InChI is InChI=1S/C52H96N6O19/c1-69-27-22-54-47(61)40-74-37-33-71-29-24-56-49(63)42-76-39-35-73-31-26-57-50(64)43-77-38-34-72-30-25-55-48(62)41-75-36-32-70-28-23-53-45(59)21-20-44(52(67)68)58-46(60)18-16-14-12-10-8-6-4-2-3-5-7-9-11-13-15-17-19-51(65)66/h44H,2-43H2,1H3,(H,53,59)(H,54,61)(H,55,62)(H,56,63)(H,57,64)(H,58,60)(H,65,66)(H,67,68)/t44-/m0/s1. The second kappa shape index (κ2) is 56.1. The number of nitrogens with one attached hydrogen (secondary N) is 6. The van der Waals surface area contributed by atoms with Crippen molar-refractivity contribution in [1.29, 1.82) is 0 Å². The normalized spacial score (nSPS) is 11.4. The molecule has 0 fully saturated rings. The maximum absolute atomic E-state index is 12.4. The third kappa shape index (κ3) is 55.9. The number of ether oxygens (including phenoxy) is 9. The minimum absolute atomic E-state index is 0.0348. The molecule has 0 aromatic rings. The monoisotopic (exact) mass is 1110 g/mol. The van der Waals surface area contributed by atoms with E-state index in [2.05, 4.69) is 31.9 Å². The van der Waals surface area contributed by atoms with Crippen molar-refractivity contribution in [3.05, 3.63) is 0 Å². The second-order valence-corrected chi connectivity index (χ2v) is 18.0. The van der Waals surface area contributed by atoms with Crippen LogP contribution in [0, 0.1) is 0 Å². The van der Waals surface area contributed by atoms with Gasteiger partial charge >= 0.3 is 11.9 Å². The number of aliphatic carboxylic acids is 2. The number of unbranched alkanes of at least 4 members (excludes halogenated alkanes) is 15. The summed E-state index contributed by atoms with van der Waals surface area (Å²) in [6.07, 6.45) is 18.2. The molecule has 0 rings (SSSR count). The van der Waals surface area contributed by atoms with E-state index in [-0.39, 0.29) is 186 Å². The fourth-order valence-corrected chi connectivity index (χ4v) is 7.01. The summed E-state index contributed by atoms with van der Waals surface area (Å²) in [5.74, 6) is -3.79. The van der Waals surface area contributed by atoms with Crippen LogP contribution in [0.5, 0.6) is 0 Å². The lowest BCUT2D eigenvalue weighted by Crippen LogP contribution is -2.41. The maximum Gasteiger partial charge on any atom is 0.326 e. The van der Waals surface area contributed by atoms with Gasteiger partial charge in [-0.15, -0.1) is 0 Å². The van der Waals surface area contributed by atoms with Gasteiger partial charge in [-0.3, -0.25) is 33.6 Å². The molecule has 0 saturated heterocycles. The minimum Gasteiger partial charge on any atom is -0.481 e. The molecule has 77 heavy (non-hydrogen) atoms. The molecular weight excluding hydrogens is 1010 g/mol. The molecule has 25 heteroatoms. The van der Waals surface area contributed by atoms with Crippen molar-refractivity contribution < 1.29 is 91.2 Å². The molecule has 1 atom stereocenters. The SMILES string of the molecule is COCCNC(=O)COCCOCCNC(=O)COCCOCCNC(=O)COCCOCCNC(=O)COCCOCCNC(=O)CC[C@H](NC(=O)CCCCCCCCCCCCCCCCCCC(=O)O)C(=O)O. The Bertz CT molecular complexity index is 1520. The molecule has 0 bridgehead atoms. The Morgan fingerprint density at radius 3 is 0.922 bits per heavy atom. The van der Waals surface area contributed by atoms with Crippen LogP contribution in [0.25, 0.3) is 0 Å². The number of carboxylic acids is 2. The zero-order valence-corrected chi connectivity index (χ0v) is 46.1. The van der Waals surface area contributed by atoms with Crippen LogP contribution < -0.4 is 31.9 Å². The van der Waals surface area contributed by atoms with Crippen LogP contribution in [-0.2, 0) is 81.0 Å². The van der Waals surface area contributed by atoms with Crippen LogP contribution in [0.4, 0.5) is 0 Å². The van der Waals surface area contributed by atoms with E-state index >= 15 is 0 Å². The number of carboxylic acid groups (broad SMARTS) is 2. The van der Waals surface area contributed by atoms with Crippen LogP contribution in [0.15, 0.2) is 0 Å². The highest BCUT2D eigenvalue weighted by atomic mass is 16.5. The van der Waals surface area contributed by atoms with Crippen molar-refractivity contribution in [2.45, 2.75) is 134 Å². The molecule has 25 nitrogen and oxygen atoms in total. The molecule has 0 aliphatic heterocycles. The van der Waals surface area contributed by atoms with E-state index in [4.69, 9.17) is 47.7 Å². The fourth-order valence-electron chi connectivity index (χ4n) is 7.01. The van der Waals surface area contributed by atoms with Gasteiger partial charge in [-0.1, -0.05) is 89.9 Å². The smallest absolute Gasteiger partial charge is 0.326 e. The van der Waals surface area contributed by atoms with Gasteiger partial charge < -0.3 is 84.7 Å². The van der Waals surface area contributed by atoms with Crippen LogP contribution in [0.3, 0.4) is 0 Å². The molecule has 6 amide bonds. The third-order valence-electron chi connectivity index (χ3n) is 11.2. The first-order valence-electron chi connectivity index (χ1n) is 27.6. The summed E-state index contributed by atoms with van der Waals surface area (Å²) in [4.78, 5) is 94.1. The highest BCUT2D eigenvalue weighted by Crippen LogP contribution is 2.14. The summed E-state index contributed by atoms with van der Waals surface area (Å²) in [6.45, 7) is 3.93. The zero-order chi connectivity index (χ0) is 56.5. The molecule has 0 radical (unpaired) electrons. The number of rotatable bonds is 59. The number of carbonyl (C=O) groups excluding carboxylic acids is 6. The predicted molar refractivity (Wildman–Crippen MR) is 283 cm³/mol. The Balaban J connectivity index is 3.58. The van der Waals surface area contributed by atoms with Gasteiger partial charge in [0.25, 0.3) is 0 Å². The molecule has 0 aromatic carbocycles. The van der Waals surface area contributed by atoms with E-state index in [1.807, 2.05) is 0 Å². The Labute approximate surface area is 456 Å². The summed E-state index contributed by atoms with van der Waals surface area (Å²) in [5, 5.41) is 34.0. The number of hydrogen-bond donors (Lipinski definition) is 8. The van der Waals surface area contributed by atoms with E-state index in [9.17, 15) is 43.5 Å². The number of amides is 6. The Kier molecular flexibility index (Phi) is 52.8. The van der Waals surface area contributed by atoms with E-state index in [0.717, 1.165) is 38.5 Å². The van der Waals surface area contributed by atoms with Gasteiger partial charge in [0.15, 0.2) is 0 Å². The van der Waals surface area contributed by atoms with E-state index in [1.54, 1.807) is 7.11 Å². The van der Waals surface area contributed by atoms with Gasteiger partial charge in [-0.05, 0) is 19.3 Å². The Morgan fingerprint density at radius 1 is 0.325 bits per heavy atom. The number of methoxy groups -OCH3 is 1. The summed E-state index contributed by atoms with van der Waals surface area (Å²) in [7, 11) is 1.55. The zero-order valence-electron chi connectivity index (χ0n) is 46.1. The van der Waals surface area contributed by atoms with E-state index in [0.29, 0.717) is 26.1 Å². The quantitative estimate of drug-likeness (QED) is 0.0403. The van der Waals surface area contributed by atoms with Crippen molar-refractivity contribution in [1.82, 2.24) is 31.9 Å². The van der Waals surface area contributed by atoms with Crippen molar-refractivity contribution in [3.8, 4) is 0 Å². The molecule has 448 valence electrons. The lowest BCUT2D eigenvalue weighted by molar-refractivity contribution is -0.142. The van der Waals surface area contributed by atoms with E-state index in [1.165, 1.54) is 57.8 Å². The second-order valence-electron chi connectivity index (χ2n) is 18.0. The van der Waals surface area contributed by atoms with Gasteiger partial charge in [-0.2, -0.15) is 0 Å². The molecule has 0 aliphatic rings. The average molecular weight is 1110 g/mol. The predicted octanol–water partition coefficient (Wildman–Crippen LogP) is 1.80. The number of carbonyl (C=O) groups is 8. The van der Waals surface area contributed by atoms with Crippen molar-refractivity contribution in [2.75, 3.05) is 152 Å². The largest absolute Gasteiger partial charge is 0.481 e. The minimum atomic E-state index is -1.19.